The van der Waals surface area contributed by atoms with Crippen LogP contribution in [0.15, 0.2) is 103 Å². The maximum Gasteiger partial charge on any atom is 0.115 e. The molecule has 0 radical (unpaired) electrons. The normalized spacial score (nSPS) is 19.3. The van der Waals surface area contributed by atoms with Gasteiger partial charge in [0, 0.05) is 35.5 Å². The fourth-order valence-electron chi connectivity index (χ4n) is 4.23. The fourth-order valence-corrected chi connectivity index (χ4v) is 4.23. The number of anilines is 3. The molecule has 148 valence electrons. The van der Waals surface area contributed by atoms with Gasteiger partial charge in [0.1, 0.15) is 12.5 Å². The first-order valence-corrected chi connectivity index (χ1v) is 10.1. The molecule has 1 aromatic heterocycles. The SMILES string of the molecule is C/C(=C1\C=C(c2cncnc2)C=CN1)N1c2ccccc2N(c2ccccc2)[C@@H]1C. The minimum atomic E-state index is 0.141. The Kier molecular flexibility index (Phi) is 4.56. The lowest BCUT2D eigenvalue weighted by atomic mass is 10.1. The van der Waals surface area contributed by atoms with Crippen LogP contribution in [0.25, 0.3) is 5.57 Å². The molecule has 3 heterocycles. The number of nitrogens with zero attached hydrogens (tertiary/aromatic N) is 4. The molecule has 5 nitrogen and oxygen atoms in total. The van der Waals surface area contributed by atoms with Crippen LogP contribution in [0.1, 0.15) is 19.4 Å². The molecule has 3 aromatic rings. The van der Waals surface area contributed by atoms with E-state index < -0.39 is 0 Å². The zero-order valence-corrected chi connectivity index (χ0v) is 17.0. The second-order valence-electron chi connectivity index (χ2n) is 7.40. The lowest BCUT2D eigenvalue weighted by Gasteiger charge is -2.32. The number of hydrogen-bond donors (Lipinski definition) is 1. The van der Waals surface area contributed by atoms with E-state index in [2.05, 4.69) is 99.6 Å². The average molecular weight is 393 g/mol. The predicted octanol–water partition coefficient (Wildman–Crippen LogP) is 5.21. The molecular weight excluding hydrogens is 370 g/mol. The average Bonchev–Trinajstić information content (AvgIpc) is 3.11. The van der Waals surface area contributed by atoms with Crippen molar-refractivity contribution in [1.29, 1.82) is 0 Å². The summed E-state index contributed by atoms with van der Waals surface area (Å²) in [7, 11) is 0. The van der Waals surface area contributed by atoms with Gasteiger partial charge in [-0.05, 0) is 55.8 Å². The van der Waals surface area contributed by atoms with Crippen LogP contribution in [0.4, 0.5) is 17.1 Å². The molecule has 1 N–H and O–H groups in total. The minimum Gasteiger partial charge on any atom is -0.360 e. The topological polar surface area (TPSA) is 44.3 Å². The maximum atomic E-state index is 4.15. The highest BCUT2D eigenvalue weighted by atomic mass is 15.4. The van der Waals surface area contributed by atoms with Crippen LogP contribution >= 0.6 is 0 Å². The van der Waals surface area contributed by atoms with Crippen molar-refractivity contribution in [3.05, 3.63) is 109 Å². The van der Waals surface area contributed by atoms with Gasteiger partial charge in [-0.3, -0.25) is 0 Å². The Morgan fingerprint density at radius 3 is 2.40 bits per heavy atom. The Balaban J connectivity index is 1.58. The number of fused-ring (bicyclic) bond motifs is 1. The number of rotatable bonds is 3. The first-order chi connectivity index (χ1) is 14.7. The summed E-state index contributed by atoms with van der Waals surface area (Å²) in [6.45, 7) is 4.41. The summed E-state index contributed by atoms with van der Waals surface area (Å²) in [6, 6.07) is 19.1. The molecule has 0 aliphatic carbocycles. The van der Waals surface area contributed by atoms with Crippen LogP contribution in [0.2, 0.25) is 0 Å². The van der Waals surface area contributed by atoms with Crippen LogP contribution in [0.3, 0.4) is 0 Å². The maximum absolute atomic E-state index is 4.15. The standard InChI is InChI=1S/C25H23N5/c1-18(23-14-20(12-13-28-23)21-15-26-17-27-16-21)29-19(2)30(22-8-4-3-5-9-22)25-11-7-6-10-24(25)29/h3-17,19,28H,1-2H3/b23-18-/t19-/m1/s1. The third-order valence-corrected chi connectivity index (χ3v) is 5.63. The van der Waals surface area contributed by atoms with Crippen LogP contribution in [0.5, 0.6) is 0 Å². The number of para-hydroxylation sites is 3. The lowest BCUT2D eigenvalue weighted by molar-refractivity contribution is 0.726. The smallest absolute Gasteiger partial charge is 0.115 e. The summed E-state index contributed by atoms with van der Waals surface area (Å²) >= 11 is 0. The van der Waals surface area contributed by atoms with Crippen molar-refractivity contribution in [3.63, 3.8) is 0 Å². The largest absolute Gasteiger partial charge is 0.360 e. The Hall–Kier alpha value is -3.86. The van der Waals surface area contributed by atoms with Crippen molar-refractivity contribution >= 4 is 22.6 Å². The molecule has 0 bridgehead atoms. The number of nitrogens with one attached hydrogen (secondary N) is 1. The summed E-state index contributed by atoms with van der Waals surface area (Å²) in [5.41, 5.74) is 7.91. The Morgan fingerprint density at radius 1 is 0.933 bits per heavy atom. The van der Waals surface area contributed by atoms with E-state index in [0.29, 0.717) is 0 Å². The van der Waals surface area contributed by atoms with Crippen LogP contribution in [-0.4, -0.2) is 16.1 Å². The zero-order valence-electron chi connectivity index (χ0n) is 17.0. The van der Waals surface area contributed by atoms with Crippen molar-refractivity contribution in [2.45, 2.75) is 20.0 Å². The second-order valence-corrected chi connectivity index (χ2v) is 7.40. The molecule has 0 fully saturated rings. The molecule has 2 aromatic carbocycles. The van der Waals surface area contributed by atoms with Gasteiger partial charge in [0.05, 0.1) is 17.1 Å². The molecule has 2 aliphatic rings. The van der Waals surface area contributed by atoms with Gasteiger partial charge in [0.2, 0.25) is 0 Å². The molecule has 5 heteroatoms. The molecule has 0 amide bonds. The Labute approximate surface area is 176 Å². The van der Waals surface area contributed by atoms with Gasteiger partial charge in [-0.15, -0.1) is 0 Å². The van der Waals surface area contributed by atoms with Crippen molar-refractivity contribution in [3.8, 4) is 0 Å². The number of allylic oxidation sites excluding steroid dienone is 4. The van der Waals surface area contributed by atoms with E-state index in [0.717, 1.165) is 22.5 Å². The van der Waals surface area contributed by atoms with Crippen molar-refractivity contribution in [1.82, 2.24) is 15.3 Å². The Morgan fingerprint density at radius 2 is 1.63 bits per heavy atom. The van der Waals surface area contributed by atoms with Gasteiger partial charge in [0.25, 0.3) is 0 Å². The van der Waals surface area contributed by atoms with Crippen LogP contribution in [-0.2, 0) is 0 Å². The van der Waals surface area contributed by atoms with Crippen molar-refractivity contribution < 1.29 is 0 Å². The molecule has 30 heavy (non-hydrogen) atoms. The molecule has 0 unspecified atom stereocenters. The molecule has 2 aliphatic heterocycles. The molecule has 1 atom stereocenters. The molecule has 0 saturated carbocycles. The highest BCUT2D eigenvalue weighted by molar-refractivity contribution is 5.86. The highest BCUT2D eigenvalue weighted by Gasteiger charge is 2.35. The Bertz CT molecular complexity index is 1150. The van der Waals surface area contributed by atoms with E-state index in [1.807, 2.05) is 24.7 Å². The van der Waals surface area contributed by atoms with Gasteiger partial charge >= 0.3 is 0 Å². The summed E-state index contributed by atoms with van der Waals surface area (Å²) in [5, 5.41) is 3.42. The van der Waals surface area contributed by atoms with E-state index in [-0.39, 0.29) is 6.17 Å². The minimum absolute atomic E-state index is 0.141. The van der Waals surface area contributed by atoms with Gasteiger partial charge in [-0.2, -0.15) is 0 Å². The first kappa shape index (κ1) is 18.2. The zero-order chi connectivity index (χ0) is 20.5. The second kappa shape index (κ2) is 7.52. The van der Waals surface area contributed by atoms with E-state index in [1.54, 1.807) is 6.33 Å². The van der Waals surface area contributed by atoms with Gasteiger partial charge in [-0.1, -0.05) is 30.3 Å². The summed E-state index contributed by atoms with van der Waals surface area (Å²) in [5.74, 6) is 0. The third kappa shape index (κ3) is 3.05. The van der Waals surface area contributed by atoms with Crippen LogP contribution < -0.4 is 15.1 Å². The van der Waals surface area contributed by atoms with E-state index >= 15 is 0 Å². The molecule has 0 spiro atoms. The molecular formula is C25H23N5. The summed E-state index contributed by atoms with van der Waals surface area (Å²) < 4.78 is 0. The fraction of sp³-hybridized carbons (Fsp3) is 0.120. The van der Waals surface area contributed by atoms with Gasteiger partial charge in [-0.25, -0.2) is 9.97 Å². The van der Waals surface area contributed by atoms with Crippen molar-refractivity contribution in [2.24, 2.45) is 0 Å². The number of benzene rings is 2. The third-order valence-electron chi connectivity index (χ3n) is 5.63. The highest BCUT2D eigenvalue weighted by Crippen LogP contribution is 2.45. The first-order valence-electron chi connectivity index (χ1n) is 10.1. The molecule has 0 saturated heterocycles. The monoisotopic (exact) mass is 393 g/mol. The van der Waals surface area contributed by atoms with Crippen molar-refractivity contribution in [2.75, 3.05) is 9.80 Å². The summed E-state index contributed by atoms with van der Waals surface area (Å²) in [4.78, 5) is 13.1. The van der Waals surface area contributed by atoms with E-state index in [1.165, 1.54) is 17.1 Å². The number of hydrogen-bond acceptors (Lipinski definition) is 5. The van der Waals surface area contributed by atoms with Crippen LogP contribution in [0, 0.1) is 0 Å². The van der Waals surface area contributed by atoms with Gasteiger partial charge in [0.15, 0.2) is 0 Å². The van der Waals surface area contributed by atoms with E-state index in [9.17, 15) is 0 Å². The quantitative estimate of drug-likeness (QED) is 0.661. The number of dihydropyridines is 1. The number of aromatic nitrogens is 2. The molecule has 5 rings (SSSR count). The predicted molar refractivity (Wildman–Crippen MR) is 122 cm³/mol. The summed E-state index contributed by atoms with van der Waals surface area (Å²) in [6.07, 6.45) is 11.6. The van der Waals surface area contributed by atoms with E-state index in [4.69, 9.17) is 0 Å². The van der Waals surface area contributed by atoms with Gasteiger partial charge < -0.3 is 15.1 Å². The lowest BCUT2D eigenvalue weighted by Crippen LogP contribution is -2.38.